The van der Waals surface area contributed by atoms with E-state index >= 15 is 0 Å². The maximum absolute atomic E-state index is 12.3. The third-order valence-electron chi connectivity index (χ3n) is 3.18. The Balaban J connectivity index is 2.72. The molecule has 0 aliphatic carbocycles. The van der Waals surface area contributed by atoms with E-state index in [0.29, 0.717) is 10.7 Å². The van der Waals surface area contributed by atoms with E-state index in [4.69, 9.17) is 18.0 Å². The van der Waals surface area contributed by atoms with Crippen LogP contribution in [0.3, 0.4) is 0 Å². The standard InChI is InChI=1S/C16H25N3OS/c1-11(19(5)10-16(2,3)4)15(20)18-13-8-6-7-12(9-13)14(17)21/h6-9,11H,10H2,1-5H3,(H2,17,21)(H,18,20). The Bertz CT molecular complexity index is 522. The Kier molecular flexibility index (Phi) is 5.87. The molecule has 1 unspecified atom stereocenters. The molecule has 3 N–H and O–H groups in total. The molecule has 1 atom stereocenters. The fourth-order valence-electron chi connectivity index (χ4n) is 2.08. The van der Waals surface area contributed by atoms with Gasteiger partial charge in [0.1, 0.15) is 4.99 Å². The number of nitrogens with one attached hydrogen (secondary N) is 1. The summed E-state index contributed by atoms with van der Waals surface area (Å²) < 4.78 is 0. The average Bonchev–Trinajstić information content (AvgIpc) is 2.36. The largest absolute Gasteiger partial charge is 0.389 e. The first-order chi connectivity index (χ1) is 9.60. The number of nitrogens with two attached hydrogens (primary N) is 1. The SMILES string of the molecule is CC(C(=O)Nc1cccc(C(N)=S)c1)N(C)CC(C)(C)C. The molecule has 0 radical (unpaired) electrons. The lowest BCUT2D eigenvalue weighted by molar-refractivity contribution is -0.120. The van der Waals surface area contributed by atoms with Gasteiger partial charge in [0.25, 0.3) is 0 Å². The van der Waals surface area contributed by atoms with Gasteiger partial charge >= 0.3 is 0 Å². The second-order valence-electron chi connectivity index (χ2n) is 6.59. The van der Waals surface area contributed by atoms with E-state index in [1.54, 1.807) is 6.07 Å². The van der Waals surface area contributed by atoms with E-state index in [9.17, 15) is 4.79 Å². The molecule has 0 bridgehead atoms. The van der Waals surface area contributed by atoms with Gasteiger partial charge in [-0.3, -0.25) is 9.69 Å². The lowest BCUT2D eigenvalue weighted by atomic mass is 9.95. The van der Waals surface area contributed by atoms with Crippen LogP contribution in [-0.2, 0) is 4.79 Å². The molecule has 1 amide bonds. The summed E-state index contributed by atoms with van der Waals surface area (Å²) in [6.45, 7) is 9.20. The summed E-state index contributed by atoms with van der Waals surface area (Å²) in [4.78, 5) is 14.7. The van der Waals surface area contributed by atoms with Gasteiger partial charge in [0, 0.05) is 17.8 Å². The Morgan fingerprint density at radius 1 is 1.43 bits per heavy atom. The number of anilines is 1. The monoisotopic (exact) mass is 307 g/mol. The summed E-state index contributed by atoms with van der Waals surface area (Å²) >= 11 is 4.94. The van der Waals surface area contributed by atoms with Crippen molar-refractivity contribution in [3.8, 4) is 0 Å². The van der Waals surface area contributed by atoms with Crippen LogP contribution in [0.2, 0.25) is 0 Å². The summed E-state index contributed by atoms with van der Waals surface area (Å²) in [5.74, 6) is -0.0400. The zero-order valence-electron chi connectivity index (χ0n) is 13.4. The lowest BCUT2D eigenvalue weighted by Crippen LogP contribution is -2.43. The maximum Gasteiger partial charge on any atom is 0.241 e. The molecule has 4 nitrogen and oxygen atoms in total. The molecular weight excluding hydrogens is 282 g/mol. The molecule has 0 heterocycles. The highest BCUT2D eigenvalue weighted by Gasteiger charge is 2.22. The smallest absolute Gasteiger partial charge is 0.241 e. The number of likely N-dealkylation sites (N-methyl/N-ethyl adjacent to an activating group) is 1. The van der Waals surface area contributed by atoms with Crippen LogP contribution in [0.15, 0.2) is 24.3 Å². The van der Waals surface area contributed by atoms with Gasteiger partial charge in [-0.25, -0.2) is 0 Å². The molecule has 1 rings (SSSR count). The molecule has 5 heteroatoms. The predicted molar refractivity (Wildman–Crippen MR) is 92.5 cm³/mol. The van der Waals surface area contributed by atoms with Crippen LogP contribution in [0.1, 0.15) is 33.3 Å². The van der Waals surface area contributed by atoms with Crippen LogP contribution >= 0.6 is 12.2 Å². The van der Waals surface area contributed by atoms with Crippen molar-refractivity contribution >= 4 is 28.8 Å². The molecular formula is C16H25N3OS. The van der Waals surface area contributed by atoms with Gasteiger partial charge in [-0.05, 0) is 31.5 Å². The van der Waals surface area contributed by atoms with Crippen LogP contribution < -0.4 is 11.1 Å². The number of carbonyl (C=O) groups excluding carboxylic acids is 1. The Morgan fingerprint density at radius 3 is 2.57 bits per heavy atom. The number of nitrogens with zero attached hydrogens (tertiary/aromatic N) is 1. The summed E-state index contributed by atoms with van der Waals surface area (Å²) in [5.41, 5.74) is 7.21. The van der Waals surface area contributed by atoms with E-state index in [0.717, 1.165) is 12.1 Å². The molecule has 0 aromatic heterocycles. The quantitative estimate of drug-likeness (QED) is 0.821. The average molecular weight is 307 g/mol. The van der Waals surface area contributed by atoms with Gasteiger partial charge < -0.3 is 11.1 Å². The number of thiocarbonyl (C=S) groups is 1. The van der Waals surface area contributed by atoms with E-state index in [2.05, 4.69) is 26.1 Å². The van der Waals surface area contributed by atoms with Gasteiger partial charge in [-0.15, -0.1) is 0 Å². The van der Waals surface area contributed by atoms with Gasteiger partial charge in [0.2, 0.25) is 5.91 Å². The first-order valence-corrected chi connectivity index (χ1v) is 7.42. The summed E-state index contributed by atoms with van der Waals surface area (Å²) in [6, 6.07) is 7.06. The molecule has 0 fully saturated rings. The van der Waals surface area contributed by atoms with Crippen LogP contribution in [0.5, 0.6) is 0 Å². The number of amides is 1. The predicted octanol–water partition coefficient (Wildman–Crippen LogP) is 2.63. The molecule has 21 heavy (non-hydrogen) atoms. The second kappa shape index (κ2) is 7.00. The highest BCUT2D eigenvalue weighted by atomic mass is 32.1. The molecule has 0 aliphatic heterocycles. The van der Waals surface area contributed by atoms with Crippen LogP contribution in [0.25, 0.3) is 0 Å². The summed E-state index contributed by atoms with van der Waals surface area (Å²) in [6.07, 6.45) is 0. The zero-order chi connectivity index (χ0) is 16.2. The van der Waals surface area contributed by atoms with Gasteiger partial charge in [0.15, 0.2) is 0 Å². The highest BCUT2D eigenvalue weighted by Crippen LogP contribution is 2.17. The third-order valence-corrected chi connectivity index (χ3v) is 3.41. The molecule has 1 aromatic rings. The normalized spacial score (nSPS) is 13.0. The number of benzene rings is 1. The first kappa shape index (κ1) is 17.6. The highest BCUT2D eigenvalue weighted by molar-refractivity contribution is 7.80. The van der Waals surface area contributed by atoms with Crippen molar-refractivity contribution < 1.29 is 4.79 Å². The minimum absolute atomic E-state index is 0.0400. The van der Waals surface area contributed by atoms with Crippen LogP contribution in [0.4, 0.5) is 5.69 Å². The van der Waals surface area contributed by atoms with Crippen molar-refractivity contribution in [2.75, 3.05) is 18.9 Å². The molecule has 0 saturated carbocycles. The summed E-state index contributed by atoms with van der Waals surface area (Å²) in [5, 5.41) is 2.91. The van der Waals surface area contributed by atoms with E-state index < -0.39 is 0 Å². The Morgan fingerprint density at radius 2 is 2.05 bits per heavy atom. The maximum atomic E-state index is 12.3. The van der Waals surface area contributed by atoms with Gasteiger partial charge in [-0.1, -0.05) is 45.1 Å². The first-order valence-electron chi connectivity index (χ1n) is 7.01. The zero-order valence-corrected chi connectivity index (χ0v) is 14.3. The van der Waals surface area contributed by atoms with E-state index in [1.165, 1.54) is 0 Å². The molecule has 0 aliphatic rings. The minimum atomic E-state index is -0.210. The van der Waals surface area contributed by atoms with Crippen molar-refractivity contribution in [2.24, 2.45) is 11.1 Å². The van der Waals surface area contributed by atoms with Crippen LogP contribution in [0, 0.1) is 5.41 Å². The molecule has 116 valence electrons. The van der Waals surface area contributed by atoms with Crippen molar-refractivity contribution in [3.63, 3.8) is 0 Å². The molecule has 0 saturated heterocycles. The number of carbonyl (C=O) groups is 1. The fraction of sp³-hybridized carbons (Fsp3) is 0.500. The fourth-order valence-corrected chi connectivity index (χ4v) is 2.21. The third kappa shape index (κ3) is 5.81. The second-order valence-corrected chi connectivity index (χ2v) is 7.03. The minimum Gasteiger partial charge on any atom is -0.389 e. The van der Waals surface area contributed by atoms with Crippen molar-refractivity contribution in [2.45, 2.75) is 33.7 Å². The van der Waals surface area contributed by atoms with Gasteiger partial charge in [0.05, 0.1) is 6.04 Å². The number of rotatable bonds is 5. The lowest BCUT2D eigenvalue weighted by Gasteiger charge is -2.30. The Labute approximate surface area is 132 Å². The van der Waals surface area contributed by atoms with Crippen molar-refractivity contribution in [1.29, 1.82) is 0 Å². The topological polar surface area (TPSA) is 58.4 Å². The number of hydrogen-bond donors (Lipinski definition) is 2. The molecule has 1 aromatic carbocycles. The Hall–Kier alpha value is -1.46. The van der Waals surface area contributed by atoms with E-state index in [1.807, 2.05) is 37.1 Å². The van der Waals surface area contributed by atoms with E-state index in [-0.39, 0.29) is 17.4 Å². The van der Waals surface area contributed by atoms with Crippen molar-refractivity contribution in [3.05, 3.63) is 29.8 Å². The van der Waals surface area contributed by atoms with Crippen LogP contribution in [-0.4, -0.2) is 35.4 Å². The van der Waals surface area contributed by atoms with Crippen molar-refractivity contribution in [1.82, 2.24) is 4.90 Å². The van der Waals surface area contributed by atoms with Gasteiger partial charge in [-0.2, -0.15) is 0 Å². The summed E-state index contributed by atoms with van der Waals surface area (Å²) in [7, 11) is 1.96. The molecule has 0 spiro atoms. The number of hydrogen-bond acceptors (Lipinski definition) is 3.